The number of amides is 1. The van der Waals surface area contributed by atoms with Gasteiger partial charge in [0.25, 0.3) is 0 Å². The summed E-state index contributed by atoms with van der Waals surface area (Å²) in [5.74, 6) is -0.961. The average molecular weight is 328 g/mol. The van der Waals surface area contributed by atoms with Crippen LogP contribution < -0.4 is 0 Å². The summed E-state index contributed by atoms with van der Waals surface area (Å²) in [6, 6.07) is -0.685. The summed E-state index contributed by atoms with van der Waals surface area (Å²) in [7, 11) is 1.60. The van der Waals surface area contributed by atoms with Crippen molar-refractivity contribution in [1.29, 1.82) is 0 Å². The summed E-state index contributed by atoms with van der Waals surface area (Å²) in [4.78, 5) is 24.4. The third kappa shape index (κ3) is 11.2. The summed E-state index contributed by atoms with van der Waals surface area (Å²) < 4.78 is 0. The predicted octanol–water partition coefficient (Wildman–Crippen LogP) is 5.01. The van der Waals surface area contributed by atoms with Crippen LogP contribution >= 0.6 is 0 Å². The highest BCUT2D eigenvalue weighted by molar-refractivity contribution is 5.83. The van der Waals surface area contributed by atoms with Crippen molar-refractivity contribution in [3.63, 3.8) is 0 Å². The molecule has 0 aromatic carbocycles. The predicted molar refractivity (Wildman–Crippen MR) is 95.6 cm³/mol. The minimum atomic E-state index is -0.915. The molecule has 1 unspecified atom stereocenters. The number of carbonyl (C=O) groups excluding carboxylic acids is 1. The highest BCUT2D eigenvalue weighted by atomic mass is 16.4. The van der Waals surface area contributed by atoms with Crippen LogP contribution in [-0.2, 0) is 9.59 Å². The van der Waals surface area contributed by atoms with E-state index in [1.165, 1.54) is 62.7 Å². The van der Waals surface area contributed by atoms with Gasteiger partial charge in [-0.1, -0.05) is 78.1 Å². The van der Waals surface area contributed by atoms with Crippen molar-refractivity contribution in [2.45, 2.75) is 103 Å². The van der Waals surface area contributed by atoms with E-state index < -0.39 is 12.0 Å². The Morgan fingerprint density at radius 3 is 1.65 bits per heavy atom. The van der Waals surface area contributed by atoms with Crippen LogP contribution in [0.15, 0.2) is 0 Å². The van der Waals surface area contributed by atoms with Gasteiger partial charge in [-0.15, -0.1) is 0 Å². The molecule has 136 valence electrons. The van der Waals surface area contributed by atoms with Gasteiger partial charge in [0, 0.05) is 13.5 Å². The number of rotatable bonds is 15. The molecule has 0 aromatic rings. The first-order valence-corrected chi connectivity index (χ1v) is 9.53. The van der Waals surface area contributed by atoms with E-state index in [-0.39, 0.29) is 5.91 Å². The number of aliphatic carboxylic acids is 1. The van der Waals surface area contributed by atoms with Crippen molar-refractivity contribution in [3.05, 3.63) is 0 Å². The smallest absolute Gasteiger partial charge is 0.326 e. The van der Waals surface area contributed by atoms with Crippen LogP contribution in [0.5, 0.6) is 0 Å². The van der Waals surface area contributed by atoms with Gasteiger partial charge in [-0.2, -0.15) is 0 Å². The Morgan fingerprint density at radius 1 is 0.826 bits per heavy atom. The first kappa shape index (κ1) is 21.9. The largest absolute Gasteiger partial charge is 0.480 e. The van der Waals surface area contributed by atoms with Crippen molar-refractivity contribution in [3.8, 4) is 0 Å². The monoisotopic (exact) mass is 327 g/mol. The molecule has 4 heteroatoms. The molecule has 0 aromatic heterocycles. The summed E-state index contributed by atoms with van der Waals surface area (Å²) >= 11 is 0. The fourth-order valence-corrected chi connectivity index (χ4v) is 2.90. The first-order valence-electron chi connectivity index (χ1n) is 9.53. The highest BCUT2D eigenvalue weighted by Gasteiger charge is 2.23. The zero-order valence-corrected chi connectivity index (χ0v) is 15.5. The van der Waals surface area contributed by atoms with Crippen molar-refractivity contribution in [2.75, 3.05) is 7.05 Å². The normalized spacial score (nSPS) is 12.1. The minimum Gasteiger partial charge on any atom is -0.480 e. The Morgan fingerprint density at radius 2 is 1.26 bits per heavy atom. The maximum absolute atomic E-state index is 12.0. The Kier molecular flexibility index (Phi) is 13.9. The van der Waals surface area contributed by atoms with Crippen LogP contribution in [0.2, 0.25) is 0 Å². The van der Waals surface area contributed by atoms with Gasteiger partial charge in [0.05, 0.1) is 0 Å². The lowest BCUT2D eigenvalue weighted by Crippen LogP contribution is -2.41. The second-order valence-corrected chi connectivity index (χ2v) is 6.55. The van der Waals surface area contributed by atoms with Gasteiger partial charge in [0.2, 0.25) is 5.91 Å². The van der Waals surface area contributed by atoms with Gasteiger partial charge >= 0.3 is 5.97 Å². The van der Waals surface area contributed by atoms with Crippen LogP contribution in [0.4, 0.5) is 0 Å². The molecule has 0 saturated heterocycles. The van der Waals surface area contributed by atoms with Crippen molar-refractivity contribution >= 4 is 11.9 Å². The number of carboxylic acids is 1. The number of carboxylic acid groups (broad SMARTS) is 1. The fraction of sp³-hybridized carbons (Fsp3) is 0.895. The molecule has 1 N–H and O–H groups in total. The SMILES string of the molecule is CCCCCCCCCCCCCC(=O)N(C)C(CC)C(=O)O. The molecule has 1 atom stereocenters. The standard InChI is InChI=1S/C19H37NO3/c1-4-6-7-8-9-10-11-12-13-14-15-16-18(21)20(3)17(5-2)19(22)23/h17H,4-16H2,1-3H3,(H,22,23). The zero-order chi connectivity index (χ0) is 17.5. The first-order chi connectivity index (χ1) is 11.0. The van der Waals surface area contributed by atoms with Crippen LogP contribution in [-0.4, -0.2) is 35.0 Å². The second-order valence-electron chi connectivity index (χ2n) is 6.55. The third-order valence-corrected chi connectivity index (χ3v) is 4.53. The summed E-state index contributed by atoms with van der Waals surface area (Å²) in [6.45, 7) is 4.04. The molecular formula is C19H37NO3. The van der Waals surface area contributed by atoms with Gasteiger partial charge in [0.15, 0.2) is 0 Å². The van der Waals surface area contributed by atoms with Crippen molar-refractivity contribution in [2.24, 2.45) is 0 Å². The molecule has 1 amide bonds. The molecule has 0 rings (SSSR count). The number of likely N-dealkylation sites (N-methyl/N-ethyl adjacent to an activating group) is 1. The number of hydrogen-bond acceptors (Lipinski definition) is 2. The molecule has 0 heterocycles. The summed E-state index contributed by atoms with van der Waals surface area (Å²) in [5, 5.41) is 9.06. The van der Waals surface area contributed by atoms with E-state index in [0.29, 0.717) is 12.8 Å². The lowest BCUT2D eigenvalue weighted by molar-refractivity contribution is -0.149. The van der Waals surface area contributed by atoms with E-state index >= 15 is 0 Å². The molecule has 0 spiro atoms. The molecule has 4 nitrogen and oxygen atoms in total. The second kappa shape index (κ2) is 14.5. The van der Waals surface area contributed by atoms with Crippen LogP contribution in [0.3, 0.4) is 0 Å². The van der Waals surface area contributed by atoms with Gasteiger partial charge in [-0.3, -0.25) is 4.79 Å². The van der Waals surface area contributed by atoms with Crippen LogP contribution in [0, 0.1) is 0 Å². The topological polar surface area (TPSA) is 57.6 Å². The molecule has 0 fully saturated rings. The number of unbranched alkanes of at least 4 members (excludes halogenated alkanes) is 10. The van der Waals surface area contributed by atoms with E-state index in [2.05, 4.69) is 6.92 Å². The number of carbonyl (C=O) groups is 2. The summed E-state index contributed by atoms with van der Waals surface area (Å²) in [6.07, 6.45) is 14.7. The Balaban J connectivity index is 3.53. The van der Waals surface area contributed by atoms with Gasteiger partial charge in [-0.05, 0) is 12.8 Å². The Bertz CT molecular complexity index is 318. The lowest BCUT2D eigenvalue weighted by atomic mass is 10.0. The van der Waals surface area contributed by atoms with Gasteiger partial charge < -0.3 is 10.0 Å². The molecular weight excluding hydrogens is 290 g/mol. The molecule has 0 aliphatic carbocycles. The van der Waals surface area contributed by atoms with Crippen molar-refractivity contribution < 1.29 is 14.7 Å². The third-order valence-electron chi connectivity index (χ3n) is 4.53. The van der Waals surface area contributed by atoms with E-state index in [9.17, 15) is 9.59 Å². The molecule has 0 saturated carbocycles. The lowest BCUT2D eigenvalue weighted by Gasteiger charge is -2.23. The Hall–Kier alpha value is -1.06. The van der Waals surface area contributed by atoms with E-state index in [0.717, 1.165) is 12.8 Å². The zero-order valence-electron chi connectivity index (χ0n) is 15.5. The molecule has 23 heavy (non-hydrogen) atoms. The van der Waals surface area contributed by atoms with Gasteiger partial charge in [-0.25, -0.2) is 4.79 Å². The fourth-order valence-electron chi connectivity index (χ4n) is 2.90. The molecule has 0 bridgehead atoms. The summed E-state index contributed by atoms with van der Waals surface area (Å²) in [5.41, 5.74) is 0. The van der Waals surface area contributed by atoms with Crippen LogP contribution in [0.1, 0.15) is 97.3 Å². The van der Waals surface area contributed by atoms with E-state index in [4.69, 9.17) is 5.11 Å². The minimum absolute atomic E-state index is 0.0461. The molecule has 0 radical (unpaired) electrons. The number of hydrogen-bond donors (Lipinski definition) is 1. The van der Waals surface area contributed by atoms with Crippen molar-refractivity contribution in [1.82, 2.24) is 4.90 Å². The Labute approximate surface area is 142 Å². The molecule has 0 aliphatic rings. The highest BCUT2D eigenvalue weighted by Crippen LogP contribution is 2.13. The quantitative estimate of drug-likeness (QED) is 0.430. The van der Waals surface area contributed by atoms with E-state index in [1.807, 2.05) is 0 Å². The van der Waals surface area contributed by atoms with Gasteiger partial charge in [0.1, 0.15) is 6.04 Å². The maximum Gasteiger partial charge on any atom is 0.326 e. The average Bonchev–Trinajstić information content (AvgIpc) is 2.52. The molecule has 0 aliphatic heterocycles. The number of nitrogens with zero attached hydrogens (tertiary/aromatic N) is 1. The van der Waals surface area contributed by atoms with E-state index in [1.54, 1.807) is 14.0 Å². The maximum atomic E-state index is 12.0. The van der Waals surface area contributed by atoms with Crippen LogP contribution in [0.25, 0.3) is 0 Å².